The second kappa shape index (κ2) is 11.9. The van der Waals surface area contributed by atoms with E-state index in [1.165, 1.54) is 12.1 Å². The number of aryl methyl sites for hydroxylation is 1. The minimum absolute atomic E-state index is 0.0974. The van der Waals surface area contributed by atoms with Crippen LogP contribution in [0.2, 0.25) is 5.02 Å². The molecule has 3 aromatic rings. The van der Waals surface area contributed by atoms with Crippen molar-refractivity contribution in [1.29, 1.82) is 0 Å². The Morgan fingerprint density at radius 3 is 2.56 bits per heavy atom. The van der Waals surface area contributed by atoms with Crippen molar-refractivity contribution in [3.63, 3.8) is 0 Å². The molecule has 178 valence electrons. The maximum absolute atomic E-state index is 13.9. The Labute approximate surface area is 206 Å². The van der Waals surface area contributed by atoms with Crippen LogP contribution in [0.5, 0.6) is 0 Å². The van der Waals surface area contributed by atoms with Crippen LogP contribution in [0, 0.1) is 18.6 Å². The molecule has 3 aromatic carbocycles. The molecule has 0 aliphatic heterocycles. The molecule has 0 heterocycles. The highest BCUT2D eigenvalue weighted by Gasteiger charge is 2.17. The lowest BCUT2D eigenvalue weighted by Gasteiger charge is -2.12. The van der Waals surface area contributed by atoms with Crippen LogP contribution in [0.3, 0.4) is 0 Å². The van der Waals surface area contributed by atoms with Crippen molar-refractivity contribution in [3.8, 4) is 0 Å². The van der Waals surface area contributed by atoms with E-state index in [1.807, 2.05) is 25.3 Å². The van der Waals surface area contributed by atoms with Crippen molar-refractivity contribution in [2.24, 2.45) is 5.73 Å². The molecule has 0 fully saturated rings. The van der Waals surface area contributed by atoms with Crippen LogP contribution < -0.4 is 21.1 Å². The summed E-state index contributed by atoms with van der Waals surface area (Å²) in [5, 5.41) is 6.17. The number of benzene rings is 3. The molecule has 0 saturated heterocycles. The number of hydrogen-bond donors (Lipinski definition) is 4. The van der Waals surface area contributed by atoms with E-state index in [0.717, 1.165) is 24.2 Å². The van der Waals surface area contributed by atoms with E-state index >= 15 is 0 Å². The summed E-state index contributed by atoms with van der Waals surface area (Å²) in [5.74, 6) is -1.66. The van der Waals surface area contributed by atoms with Crippen LogP contribution >= 0.6 is 23.5 Å². The topological polar surface area (TPSA) is 79.2 Å². The molecule has 9 heteroatoms. The lowest BCUT2D eigenvalue weighted by atomic mass is 9.96. The highest BCUT2D eigenvalue weighted by atomic mass is 35.5. The van der Waals surface area contributed by atoms with Crippen molar-refractivity contribution < 1.29 is 13.6 Å². The van der Waals surface area contributed by atoms with Gasteiger partial charge in [0.25, 0.3) is 0 Å². The standard InChI is InChI=1S/C25H25ClF2N4OS/c1-15-3-4-16(23(29)14-30-9-10-31-34-2)11-20(15)25(33)19-7-6-18(13-21(19)26)32-24-8-5-17(27)12-22(24)28/h3-8,11-14,30-32H,9-10,29H2,1-2H3/b23-14-. The molecule has 0 atom stereocenters. The largest absolute Gasteiger partial charge is 0.397 e. The van der Waals surface area contributed by atoms with E-state index in [9.17, 15) is 13.6 Å². The third-order valence-electron chi connectivity index (χ3n) is 5.01. The Bertz CT molecular complexity index is 1220. The number of carbonyl (C=O) groups excluding carboxylic acids is 1. The molecule has 0 aromatic heterocycles. The number of nitrogens with one attached hydrogen (secondary N) is 3. The molecule has 0 bridgehead atoms. The molecule has 0 aliphatic carbocycles. The fourth-order valence-corrected chi connectivity index (χ4v) is 3.78. The number of rotatable bonds is 10. The summed E-state index contributed by atoms with van der Waals surface area (Å²) in [6.07, 6.45) is 3.67. The normalized spacial score (nSPS) is 11.4. The molecular weight excluding hydrogens is 478 g/mol. The van der Waals surface area contributed by atoms with Gasteiger partial charge in [0.05, 0.1) is 16.4 Å². The Morgan fingerprint density at radius 1 is 1.06 bits per heavy atom. The zero-order valence-corrected chi connectivity index (χ0v) is 20.3. The minimum Gasteiger partial charge on any atom is -0.397 e. The average molecular weight is 503 g/mol. The number of ketones is 1. The summed E-state index contributed by atoms with van der Waals surface area (Å²) in [6.45, 7) is 3.32. The molecule has 34 heavy (non-hydrogen) atoms. The molecule has 0 amide bonds. The van der Waals surface area contributed by atoms with E-state index in [1.54, 1.807) is 36.3 Å². The van der Waals surface area contributed by atoms with Crippen LogP contribution in [0.25, 0.3) is 5.70 Å². The highest BCUT2D eigenvalue weighted by Crippen LogP contribution is 2.28. The van der Waals surface area contributed by atoms with Gasteiger partial charge in [-0.2, -0.15) is 0 Å². The van der Waals surface area contributed by atoms with Gasteiger partial charge in [0.2, 0.25) is 0 Å². The minimum atomic E-state index is -0.732. The number of anilines is 2. The lowest BCUT2D eigenvalue weighted by molar-refractivity contribution is 0.103. The van der Waals surface area contributed by atoms with Crippen LogP contribution in [0.1, 0.15) is 27.0 Å². The van der Waals surface area contributed by atoms with E-state index in [0.29, 0.717) is 34.6 Å². The van der Waals surface area contributed by atoms with Gasteiger partial charge in [-0.1, -0.05) is 35.7 Å². The number of halogens is 3. The van der Waals surface area contributed by atoms with Crippen LogP contribution in [0.15, 0.2) is 60.8 Å². The summed E-state index contributed by atoms with van der Waals surface area (Å²) in [5.41, 5.74) is 9.52. The van der Waals surface area contributed by atoms with Crippen LogP contribution in [-0.2, 0) is 0 Å². The first kappa shape index (κ1) is 25.6. The van der Waals surface area contributed by atoms with Gasteiger partial charge >= 0.3 is 0 Å². The van der Waals surface area contributed by atoms with Crippen molar-refractivity contribution >= 4 is 46.4 Å². The second-order valence-electron chi connectivity index (χ2n) is 7.45. The fraction of sp³-hybridized carbons (Fsp3) is 0.160. The van der Waals surface area contributed by atoms with Gasteiger partial charge in [-0.25, -0.2) is 8.78 Å². The molecule has 0 unspecified atom stereocenters. The van der Waals surface area contributed by atoms with Crippen LogP contribution in [0.4, 0.5) is 20.2 Å². The van der Waals surface area contributed by atoms with Gasteiger partial charge < -0.3 is 16.4 Å². The van der Waals surface area contributed by atoms with E-state index in [2.05, 4.69) is 15.4 Å². The zero-order valence-electron chi connectivity index (χ0n) is 18.7. The number of hydrogen-bond acceptors (Lipinski definition) is 6. The van der Waals surface area contributed by atoms with Gasteiger partial charge in [0, 0.05) is 42.2 Å². The zero-order chi connectivity index (χ0) is 24.7. The Morgan fingerprint density at radius 2 is 1.85 bits per heavy atom. The van der Waals surface area contributed by atoms with Crippen molar-refractivity contribution in [1.82, 2.24) is 10.0 Å². The third kappa shape index (κ3) is 6.50. The molecular formula is C25H25ClF2N4OS. The molecule has 0 saturated carbocycles. The van der Waals surface area contributed by atoms with Crippen LogP contribution in [-0.4, -0.2) is 25.1 Å². The van der Waals surface area contributed by atoms with Gasteiger partial charge in [-0.3, -0.25) is 9.52 Å². The molecule has 0 spiro atoms. The summed E-state index contributed by atoms with van der Waals surface area (Å²) in [6, 6.07) is 13.4. The first-order valence-electron chi connectivity index (χ1n) is 10.4. The van der Waals surface area contributed by atoms with Crippen molar-refractivity contribution in [2.75, 3.05) is 24.7 Å². The maximum atomic E-state index is 13.9. The Kier molecular flexibility index (Phi) is 8.92. The van der Waals surface area contributed by atoms with Gasteiger partial charge in [-0.15, -0.1) is 0 Å². The Hall–Kier alpha value is -3.07. The first-order valence-corrected chi connectivity index (χ1v) is 12.0. The molecule has 3 rings (SSSR count). The summed E-state index contributed by atoms with van der Waals surface area (Å²) in [4.78, 5) is 13.3. The van der Waals surface area contributed by atoms with Gasteiger partial charge in [0.1, 0.15) is 11.6 Å². The SMILES string of the molecule is CSNCCN/C=C(\N)c1ccc(C)c(C(=O)c2ccc(Nc3ccc(F)cc3F)cc2Cl)c1. The van der Waals surface area contributed by atoms with Crippen molar-refractivity contribution in [2.45, 2.75) is 6.92 Å². The lowest BCUT2D eigenvalue weighted by Crippen LogP contribution is -2.20. The van der Waals surface area contributed by atoms with Crippen molar-refractivity contribution in [3.05, 3.63) is 99.7 Å². The molecule has 5 nitrogen and oxygen atoms in total. The maximum Gasteiger partial charge on any atom is 0.194 e. The molecule has 0 aliphatic rings. The molecule has 5 N–H and O–H groups in total. The smallest absolute Gasteiger partial charge is 0.194 e. The predicted molar refractivity (Wildman–Crippen MR) is 137 cm³/mol. The second-order valence-corrected chi connectivity index (χ2v) is 8.56. The number of nitrogens with two attached hydrogens (primary N) is 1. The summed E-state index contributed by atoms with van der Waals surface area (Å²) >= 11 is 7.94. The first-order chi connectivity index (χ1) is 16.3. The average Bonchev–Trinajstić information content (AvgIpc) is 2.80. The van der Waals surface area contributed by atoms with E-state index in [4.69, 9.17) is 17.3 Å². The monoisotopic (exact) mass is 502 g/mol. The Balaban J connectivity index is 1.79. The predicted octanol–water partition coefficient (Wildman–Crippen LogP) is 5.62. The summed E-state index contributed by atoms with van der Waals surface area (Å²) in [7, 11) is 0. The number of carbonyl (C=O) groups is 1. The fourth-order valence-electron chi connectivity index (χ4n) is 3.21. The van der Waals surface area contributed by atoms with Gasteiger partial charge in [-0.05, 0) is 60.7 Å². The quantitative estimate of drug-likeness (QED) is 0.164. The van der Waals surface area contributed by atoms with E-state index < -0.39 is 11.6 Å². The molecule has 0 radical (unpaired) electrons. The van der Waals surface area contributed by atoms with E-state index in [-0.39, 0.29) is 16.5 Å². The summed E-state index contributed by atoms with van der Waals surface area (Å²) < 4.78 is 30.2. The van der Waals surface area contributed by atoms with Gasteiger partial charge in [0.15, 0.2) is 5.78 Å². The highest BCUT2D eigenvalue weighted by molar-refractivity contribution is 7.96. The third-order valence-corrected chi connectivity index (χ3v) is 5.82.